The van der Waals surface area contributed by atoms with Gasteiger partial charge in [0, 0.05) is 31.0 Å². The molecule has 0 aliphatic carbocycles. The van der Waals surface area contributed by atoms with Crippen LogP contribution >= 0.6 is 0 Å². The molecule has 1 aliphatic heterocycles. The lowest BCUT2D eigenvalue weighted by Gasteiger charge is -2.36. The third-order valence-corrected chi connectivity index (χ3v) is 4.75. The van der Waals surface area contributed by atoms with Gasteiger partial charge >= 0.3 is 5.97 Å². The zero-order valence-corrected chi connectivity index (χ0v) is 15.6. The molecule has 0 unspecified atom stereocenters. The predicted octanol–water partition coefficient (Wildman–Crippen LogP) is 1.84. The second-order valence-corrected chi connectivity index (χ2v) is 7.41. The quantitative estimate of drug-likeness (QED) is 0.782. The third-order valence-electron chi connectivity index (χ3n) is 4.75. The van der Waals surface area contributed by atoms with Crippen molar-refractivity contribution < 1.29 is 19.4 Å². The van der Waals surface area contributed by atoms with E-state index in [0.29, 0.717) is 32.0 Å². The minimum absolute atomic E-state index is 0.0767. The summed E-state index contributed by atoms with van der Waals surface area (Å²) >= 11 is 0. The van der Waals surface area contributed by atoms with E-state index in [1.54, 1.807) is 0 Å². The standard InChI is InChI=1S/C18H29N3O4/c1-12(2)11-21-14(4)15(13(3)20-21)9-16(22)19-18(10-17(23)24)5-7-25-8-6-18/h12H,5-11H2,1-4H3,(H,19,22)(H,23,24). The summed E-state index contributed by atoms with van der Waals surface area (Å²) in [6, 6.07) is 0. The number of carboxylic acid groups (broad SMARTS) is 1. The van der Waals surface area contributed by atoms with Crippen molar-refractivity contribution in [2.75, 3.05) is 13.2 Å². The van der Waals surface area contributed by atoms with Gasteiger partial charge in [0.15, 0.2) is 0 Å². The van der Waals surface area contributed by atoms with Gasteiger partial charge in [0.2, 0.25) is 5.91 Å². The second-order valence-electron chi connectivity index (χ2n) is 7.41. The highest BCUT2D eigenvalue weighted by atomic mass is 16.5. The molecule has 0 bridgehead atoms. The van der Waals surface area contributed by atoms with Crippen molar-refractivity contribution in [2.24, 2.45) is 5.92 Å². The van der Waals surface area contributed by atoms with Gasteiger partial charge in [0.05, 0.1) is 24.1 Å². The number of carbonyl (C=O) groups is 2. The van der Waals surface area contributed by atoms with E-state index in [0.717, 1.165) is 23.5 Å². The van der Waals surface area contributed by atoms with Crippen molar-refractivity contribution in [3.8, 4) is 0 Å². The highest BCUT2D eigenvalue weighted by molar-refractivity contribution is 5.81. The summed E-state index contributed by atoms with van der Waals surface area (Å²) in [5.74, 6) is -0.585. The molecule has 1 aliphatic rings. The molecule has 2 rings (SSSR count). The first-order chi connectivity index (χ1) is 11.7. The number of rotatable bonds is 7. The second kappa shape index (κ2) is 7.99. The Morgan fingerprint density at radius 3 is 2.52 bits per heavy atom. The van der Waals surface area contributed by atoms with Crippen molar-refractivity contribution in [2.45, 2.75) is 65.5 Å². The highest BCUT2D eigenvalue weighted by Crippen LogP contribution is 2.25. The average Bonchev–Trinajstić information content (AvgIpc) is 2.74. The molecule has 1 aromatic heterocycles. The van der Waals surface area contributed by atoms with Crippen LogP contribution in [0.5, 0.6) is 0 Å². The van der Waals surface area contributed by atoms with Crippen LogP contribution < -0.4 is 5.32 Å². The van der Waals surface area contributed by atoms with Gasteiger partial charge in [-0.2, -0.15) is 5.10 Å². The van der Waals surface area contributed by atoms with E-state index in [4.69, 9.17) is 4.74 Å². The van der Waals surface area contributed by atoms with E-state index in [1.807, 2.05) is 18.5 Å². The van der Waals surface area contributed by atoms with Crippen LogP contribution in [-0.2, 0) is 27.3 Å². The lowest BCUT2D eigenvalue weighted by molar-refractivity contribution is -0.140. The first kappa shape index (κ1) is 19.4. The summed E-state index contributed by atoms with van der Waals surface area (Å²) in [7, 11) is 0. The number of aromatic nitrogens is 2. The van der Waals surface area contributed by atoms with Gasteiger partial charge in [0.1, 0.15) is 0 Å². The number of carboxylic acids is 1. The van der Waals surface area contributed by atoms with Gasteiger partial charge in [-0.3, -0.25) is 14.3 Å². The summed E-state index contributed by atoms with van der Waals surface area (Å²) in [5.41, 5.74) is 2.07. The molecule has 1 aromatic rings. The van der Waals surface area contributed by atoms with E-state index in [2.05, 4.69) is 24.3 Å². The van der Waals surface area contributed by atoms with Crippen molar-refractivity contribution in [3.63, 3.8) is 0 Å². The molecule has 0 atom stereocenters. The summed E-state index contributed by atoms with van der Waals surface area (Å²) in [4.78, 5) is 23.8. The van der Waals surface area contributed by atoms with Crippen molar-refractivity contribution in [3.05, 3.63) is 17.0 Å². The van der Waals surface area contributed by atoms with Gasteiger partial charge in [-0.25, -0.2) is 0 Å². The SMILES string of the molecule is Cc1nn(CC(C)C)c(C)c1CC(=O)NC1(CC(=O)O)CCOCC1. The number of hydrogen-bond donors (Lipinski definition) is 2. The molecule has 140 valence electrons. The largest absolute Gasteiger partial charge is 0.481 e. The molecule has 0 aromatic carbocycles. The molecule has 7 nitrogen and oxygen atoms in total. The number of carbonyl (C=O) groups excluding carboxylic acids is 1. The maximum Gasteiger partial charge on any atom is 0.305 e. The van der Waals surface area contributed by atoms with Crippen LogP contribution in [0.15, 0.2) is 0 Å². The number of amides is 1. The molecule has 0 saturated carbocycles. The Balaban J connectivity index is 2.10. The molecule has 2 N–H and O–H groups in total. The molecule has 0 spiro atoms. The number of nitrogens with one attached hydrogen (secondary N) is 1. The topological polar surface area (TPSA) is 93.5 Å². The smallest absolute Gasteiger partial charge is 0.305 e. The maximum atomic E-state index is 12.6. The number of ether oxygens (including phenoxy) is 1. The van der Waals surface area contributed by atoms with E-state index in [1.165, 1.54) is 0 Å². The van der Waals surface area contributed by atoms with E-state index < -0.39 is 11.5 Å². The van der Waals surface area contributed by atoms with Gasteiger partial charge in [-0.15, -0.1) is 0 Å². The molecule has 0 radical (unpaired) electrons. The fraction of sp³-hybridized carbons (Fsp3) is 0.722. The van der Waals surface area contributed by atoms with Gasteiger partial charge < -0.3 is 15.2 Å². The number of hydrogen-bond acceptors (Lipinski definition) is 4. The molecular formula is C18H29N3O4. The van der Waals surface area contributed by atoms with Crippen LogP contribution in [0.3, 0.4) is 0 Å². The van der Waals surface area contributed by atoms with Crippen molar-refractivity contribution in [1.82, 2.24) is 15.1 Å². The fourth-order valence-corrected chi connectivity index (χ4v) is 3.41. The summed E-state index contributed by atoms with van der Waals surface area (Å²) in [5, 5.41) is 16.7. The Morgan fingerprint density at radius 1 is 1.32 bits per heavy atom. The predicted molar refractivity (Wildman–Crippen MR) is 93.4 cm³/mol. The molecule has 1 amide bonds. The Kier molecular flexibility index (Phi) is 6.21. The normalized spacial score (nSPS) is 16.8. The fourth-order valence-electron chi connectivity index (χ4n) is 3.41. The molecule has 1 saturated heterocycles. The highest BCUT2D eigenvalue weighted by Gasteiger charge is 2.36. The van der Waals surface area contributed by atoms with Gasteiger partial charge in [-0.05, 0) is 32.6 Å². The van der Waals surface area contributed by atoms with Crippen LogP contribution in [0.2, 0.25) is 0 Å². The molecule has 25 heavy (non-hydrogen) atoms. The molecule has 2 heterocycles. The Morgan fingerprint density at radius 2 is 1.96 bits per heavy atom. The van der Waals surface area contributed by atoms with Crippen LogP contribution in [0.4, 0.5) is 0 Å². The van der Waals surface area contributed by atoms with Gasteiger partial charge in [-0.1, -0.05) is 13.8 Å². The van der Waals surface area contributed by atoms with Crippen LogP contribution in [0.1, 0.15) is 50.1 Å². The molecular weight excluding hydrogens is 322 g/mol. The molecule has 7 heteroatoms. The van der Waals surface area contributed by atoms with Crippen LogP contribution in [-0.4, -0.2) is 45.5 Å². The Hall–Kier alpha value is -1.89. The van der Waals surface area contributed by atoms with Crippen molar-refractivity contribution in [1.29, 1.82) is 0 Å². The van der Waals surface area contributed by atoms with Crippen LogP contribution in [0, 0.1) is 19.8 Å². The van der Waals surface area contributed by atoms with Crippen LogP contribution in [0.25, 0.3) is 0 Å². The first-order valence-corrected chi connectivity index (χ1v) is 8.86. The zero-order valence-electron chi connectivity index (χ0n) is 15.6. The minimum Gasteiger partial charge on any atom is -0.481 e. The third kappa shape index (κ3) is 5.04. The van der Waals surface area contributed by atoms with E-state index >= 15 is 0 Å². The minimum atomic E-state index is -0.903. The van der Waals surface area contributed by atoms with E-state index in [9.17, 15) is 14.7 Å². The number of nitrogens with zero attached hydrogens (tertiary/aromatic N) is 2. The average molecular weight is 351 g/mol. The van der Waals surface area contributed by atoms with Crippen molar-refractivity contribution >= 4 is 11.9 Å². The summed E-state index contributed by atoms with van der Waals surface area (Å²) in [6.45, 7) is 9.90. The molecule has 1 fully saturated rings. The van der Waals surface area contributed by atoms with E-state index in [-0.39, 0.29) is 18.7 Å². The Bertz CT molecular complexity index is 631. The summed E-state index contributed by atoms with van der Waals surface area (Å²) in [6.07, 6.45) is 1.19. The zero-order chi connectivity index (χ0) is 18.6. The lowest BCUT2D eigenvalue weighted by Crippen LogP contribution is -2.53. The summed E-state index contributed by atoms with van der Waals surface area (Å²) < 4.78 is 7.28. The Labute approximate surface area is 148 Å². The number of aliphatic carboxylic acids is 1. The lowest BCUT2D eigenvalue weighted by atomic mass is 9.86. The number of aryl methyl sites for hydroxylation is 1. The first-order valence-electron chi connectivity index (χ1n) is 8.86. The monoisotopic (exact) mass is 351 g/mol. The van der Waals surface area contributed by atoms with Gasteiger partial charge in [0.25, 0.3) is 0 Å². The maximum absolute atomic E-state index is 12.6.